The van der Waals surface area contributed by atoms with E-state index < -0.39 is 23.2 Å². The van der Waals surface area contributed by atoms with Gasteiger partial charge in [-0.25, -0.2) is 9.59 Å². The summed E-state index contributed by atoms with van der Waals surface area (Å²) in [6, 6.07) is 41.8. The smallest absolute Gasteiger partial charge is 0.326 e. The zero-order valence-electron chi connectivity index (χ0n) is 52.8. The number of likely N-dealkylation sites (N-methyl/N-ethyl adjacent to an activating group) is 1. The van der Waals surface area contributed by atoms with Crippen LogP contribution in [0.2, 0.25) is 15.1 Å². The van der Waals surface area contributed by atoms with Crippen LogP contribution in [-0.4, -0.2) is 137 Å². The average Bonchev–Trinajstić information content (AvgIpc) is 1.58. The van der Waals surface area contributed by atoms with Gasteiger partial charge in [0.1, 0.15) is 52.6 Å². The standard InChI is InChI=1S/C39H51ClN4O2.C31H32Cl2N4O4.CH4/c1-11-46-33-26-30(36(3,4)5)18-21-32(33)34-41-38(9,28-14-12-27(2)13-15-28)39(10,29-16-19-31(40)20-17-29)44(34)35(45)42-22-24-43(25-23-42)37(6,7)8;1-19(2)41-26-17-24(40-4)13-14-25(26)30-34-28(20-5-9-22(32)10-6-20)29(21-7-11-23(33)12-8-21)37(30)31(39)36-16-15-35(3)27(38)18-36;/h12-21,26H,11,22-25H2,1-10H3;5-14,17,19,28-29H,15-16,18H2,1-4H3;1H4/t38-,39+;28-,29+;/m00./s1. The average molecular weight is 1250 g/mol. The number of amides is 5. The van der Waals surface area contributed by atoms with Gasteiger partial charge >= 0.3 is 12.1 Å². The van der Waals surface area contributed by atoms with Crippen LogP contribution in [0.25, 0.3) is 0 Å². The molecule has 4 atom stereocenters. The topological polar surface area (TPSA) is 123 Å². The Morgan fingerprint density at radius 3 is 1.76 bits per heavy atom. The van der Waals surface area contributed by atoms with E-state index in [4.69, 9.17) is 59.0 Å². The second kappa shape index (κ2) is 26.9. The Kier molecular flexibility index (Phi) is 20.5. The summed E-state index contributed by atoms with van der Waals surface area (Å²) in [6.45, 7) is 29.8. The van der Waals surface area contributed by atoms with Crippen LogP contribution in [0.4, 0.5) is 9.59 Å². The highest BCUT2D eigenvalue weighted by Crippen LogP contribution is 2.54. The first-order valence-corrected chi connectivity index (χ1v) is 31.1. The van der Waals surface area contributed by atoms with Crippen molar-refractivity contribution in [1.82, 2.24) is 29.4 Å². The highest BCUT2D eigenvalue weighted by molar-refractivity contribution is 6.31. The van der Waals surface area contributed by atoms with E-state index in [0.29, 0.717) is 76.6 Å². The third kappa shape index (κ3) is 13.7. The molecule has 4 heterocycles. The molecule has 5 amide bonds. The number of carbonyl (C=O) groups excluding carboxylic acids is 3. The lowest BCUT2D eigenvalue weighted by Gasteiger charge is -2.48. The lowest BCUT2D eigenvalue weighted by molar-refractivity contribution is -0.133. The third-order valence-corrected chi connectivity index (χ3v) is 18.0. The number of nitrogens with zero attached hydrogens (tertiary/aromatic N) is 8. The van der Waals surface area contributed by atoms with Crippen LogP contribution in [0.15, 0.2) is 143 Å². The quantitative estimate of drug-likeness (QED) is 0.127. The van der Waals surface area contributed by atoms with Gasteiger partial charge < -0.3 is 28.9 Å². The zero-order chi connectivity index (χ0) is 62.9. The third-order valence-electron chi connectivity index (χ3n) is 17.3. The molecule has 0 aliphatic carbocycles. The Bertz CT molecular complexity index is 3520. The van der Waals surface area contributed by atoms with E-state index in [9.17, 15) is 9.59 Å². The number of urea groups is 2. The molecule has 17 heteroatoms. The maximum atomic E-state index is 15.2. The van der Waals surface area contributed by atoms with Gasteiger partial charge in [-0.05, 0) is 156 Å². The summed E-state index contributed by atoms with van der Waals surface area (Å²) in [5.74, 6) is 2.83. The van der Waals surface area contributed by atoms with E-state index in [-0.39, 0.29) is 49.0 Å². The minimum Gasteiger partial charge on any atom is -0.497 e. The Morgan fingerprint density at radius 1 is 0.670 bits per heavy atom. The molecule has 0 saturated carbocycles. The summed E-state index contributed by atoms with van der Waals surface area (Å²) in [4.78, 5) is 64.4. The van der Waals surface area contributed by atoms with Gasteiger partial charge in [-0.1, -0.05) is 135 Å². The summed E-state index contributed by atoms with van der Waals surface area (Å²) >= 11 is 18.9. The lowest BCUT2D eigenvalue weighted by atomic mass is 9.70. The van der Waals surface area contributed by atoms with Gasteiger partial charge in [0.2, 0.25) is 5.91 Å². The van der Waals surface area contributed by atoms with Gasteiger partial charge in [-0.3, -0.25) is 29.5 Å². The van der Waals surface area contributed by atoms with E-state index in [0.717, 1.165) is 52.2 Å². The predicted octanol–water partition coefficient (Wildman–Crippen LogP) is 15.6. The van der Waals surface area contributed by atoms with Gasteiger partial charge in [0.25, 0.3) is 0 Å². The maximum Gasteiger partial charge on any atom is 0.326 e. The van der Waals surface area contributed by atoms with Crippen molar-refractivity contribution < 1.29 is 28.6 Å². The molecule has 2 fully saturated rings. The SMILES string of the molecule is C.CCOc1cc(C(C)(C)C)ccc1C1=N[C@@](C)(c2ccc(C)cc2)[C@@](C)(c2ccc(Cl)cc2)N1C(=O)N1CCN(C(C)(C)C)CC1.COc1ccc(C2=N[C@@H](c3ccc(Cl)cc3)[C@@H](c3ccc(Cl)cc3)N2C(=O)N2CCN(C)C(=O)C2)c(OC(C)C)c1. The van der Waals surface area contributed by atoms with Crippen LogP contribution >= 0.6 is 34.8 Å². The number of halogens is 3. The van der Waals surface area contributed by atoms with Crippen LogP contribution in [0.1, 0.15) is 140 Å². The zero-order valence-corrected chi connectivity index (χ0v) is 55.0. The fraction of sp³-hybridized carbons (Fsp3) is 0.423. The number of aliphatic imine (C=N–C) groups is 2. The number of benzene rings is 6. The second-order valence-corrected chi connectivity index (χ2v) is 26.8. The molecule has 14 nitrogen and oxygen atoms in total. The monoisotopic (exact) mass is 1250 g/mol. The fourth-order valence-electron chi connectivity index (χ4n) is 11.9. The number of rotatable bonds is 11. The molecule has 0 spiro atoms. The van der Waals surface area contributed by atoms with Crippen molar-refractivity contribution in [2.24, 2.45) is 9.98 Å². The number of hydrogen-bond donors (Lipinski definition) is 0. The highest BCUT2D eigenvalue weighted by atomic mass is 35.5. The normalized spacial score (nSPS) is 20.7. The van der Waals surface area contributed by atoms with E-state index in [1.165, 1.54) is 5.56 Å². The highest BCUT2D eigenvalue weighted by Gasteiger charge is 2.60. The summed E-state index contributed by atoms with van der Waals surface area (Å²) < 4.78 is 18.0. The largest absolute Gasteiger partial charge is 0.497 e. The van der Waals surface area contributed by atoms with Gasteiger partial charge in [0, 0.05) is 73.0 Å². The molecule has 6 aromatic rings. The molecular weight excluding hydrogens is 1170 g/mol. The minimum absolute atomic E-state index is 0. The first-order chi connectivity index (χ1) is 41.2. The van der Waals surface area contributed by atoms with Crippen molar-refractivity contribution in [1.29, 1.82) is 0 Å². The molecule has 4 aliphatic heterocycles. The van der Waals surface area contributed by atoms with Gasteiger partial charge in [-0.2, -0.15) is 0 Å². The van der Waals surface area contributed by atoms with Crippen molar-refractivity contribution in [3.63, 3.8) is 0 Å². The minimum atomic E-state index is -0.896. The van der Waals surface area contributed by atoms with Crippen molar-refractivity contribution in [2.45, 2.75) is 131 Å². The van der Waals surface area contributed by atoms with Crippen LogP contribution in [-0.2, 0) is 21.3 Å². The second-order valence-electron chi connectivity index (χ2n) is 25.5. The Hall–Kier alpha value is -7.10. The number of carbonyl (C=O) groups is 3. The van der Waals surface area contributed by atoms with E-state index in [1.54, 1.807) is 47.1 Å². The van der Waals surface area contributed by atoms with Gasteiger partial charge in [-0.15, -0.1) is 0 Å². The Labute approximate surface area is 537 Å². The summed E-state index contributed by atoms with van der Waals surface area (Å²) in [5.41, 5.74) is 5.76. The first kappa shape index (κ1) is 66.8. The molecule has 468 valence electrons. The van der Waals surface area contributed by atoms with Gasteiger partial charge in [0.15, 0.2) is 0 Å². The summed E-state index contributed by atoms with van der Waals surface area (Å²) in [7, 11) is 3.33. The molecule has 0 bridgehead atoms. The maximum absolute atomic E-state index is 15.2. The van der Waals surface area contributed by atoms with Crippen molar-refractivity contribution in [3.8, 4) is 17.2 Å². The van der Waals surface area contributed by atoms with Crippen molar-refractivity contribution >= 4 is 64.4 Å². The van der Waals surface area contributed by atoms with Crippen LogP contribution in [0.3, 0.4) is 0 Å². The molecule has 2 saturated heterocycles. The molecular formula is C71H87Cl3N8O6. The molecule has 10 rings (SSSR count). The summed E-state index contributed by atoms with van der Waals surface area (Å²) in [5, 5.41) is 1.84. The molecule has 0 N–H and O–H groups in total. The molecule has 0 unspecified atom stereocenters. The lowest BCUT2D eigenvalue weighted by Crippen LogP contribution is -2.62. The van der Waals surface area contributed by atoms with Crippen LogP contribution < -0.4 is 14.2 Å². The van der Waals surface area contributed by atoms with E-state index >= 15 is 4.79 Å². The Balaban J connectivity index is 0.000000227. The number of aryl methyl sites for hydroxylation is 1. The fourth-order valence-corrected chi connectivity index (χ4v) is 12.3. The predicted molar refractivity (Wildman–Crippen MR) is 357 cm³/mol. The van der Waals surface area contributed by atoms with Crippen molar-refractivity contribution in [3.05, 3.63) is 193 Å². The number of amidine groups is 2. The number of ether oxygens (including phenoxy) is 3. The number of hydrogen-bond acceptors (Lipinski definition) is 9. The van der Waals surface area contributed by atoms with E-state index in [2.05, 4.69) is 110 Å². The van der Waals surface area contributed by atoms with Crippen LogP contribution in [0.5, 0.6) is 17.2 Å². The molecule has 4 aliphatic rings. The number of methoxy groups -OCH3 is 1. The number of piperazine rings is 2. The Morgan fingerprint density at radius 2 is 1.22 bits per heavy atom. The van der Waals surface area contributed by atoms with E-state index in [1.807, 2.05) is 103 Å². The van der Waals surface area contributed by atoms with Crippen molar-refractivity contribution in [2.75, 3.05) is 66.6 Å². The van der Waals surface area contributed by atoms with Crippen LogP contribution in [0, 0.1) is 6.92 Å². The summed E-state index contributed by atoms with van der Waals surface area (Å²) in [6.07, 6.45) is -0.138. The molecule has 0 aromatic heterocycles. The molecule has 6 aromatic carbocycles. The molecule has 0 radical (unpaired) electrons. The first-order valence-electron chi connectivity index (χ1n) is 30.0. The molecule has 88 heavy (non-hydrogen) atoms. The van der Waals surface area contributed by atoms with Gasteiger partial charge in [0.05, 0.1) is 37.0 Å².